The van der Waals surface area contributed by atoms with E-state index < -0.39 is 5.82 Å². The van der Waals surface area contributed by atoms with Gasteiger partial charge in [0.1, 0.15) is 11.6 Å². The Labute approximate surface area is 141 Å². The minimum atomic E-state index is -0.482. The fourth-order valence-corrected chi connectivity index (χ4v) is 3.28. The number of unbranched alkanes of at least 4 members (excludes halogenated alkanes) is 1. The lowest BCUT2D eigenvalue weighted by molar-refractivity contribution is 0.0702. The maximum atomic E-state index is 13.3. The van der Waals surface area contributed by atoms with E-state index in [4.69, 9.17) is 0 Å². The predicted octanol–water partition coefficient (Wildman–Crippen LogP) is 3.24. The second-order valence-electron chi connectivity index (χ2n) is 6.31. The van der Waals surface area contributed by atoms with E-state index in [1.807, 2.05) is 12.4 Å². The predicted molar refractivity (Wildman–Crippen MR) is 89.2 cm³/mol. The molecule has 0 unspecified atom stereocenters. The van der Waals surface area contributed by atoms with Crippen molar-refractivity contribution >= 4 is 5.91 Å². The van der Waals surface area contributed by atoms with Crippen molar-refractivity contribution < 1.29 is 9.18 Å². The summed E-state index contributed by atoms with van der Waals surface area (Å²) in [7, 11) is 0. The largest absolute Gasteiger partial charge is 0.338 e. The summed E-state index contributed by atoms with van der Waals surface area (Å²) in [6.07, 6.45) is 10.6. The number of piperidine rings is 1. The number of imidazole rings is 1. The van der Waals surface area contributed by atoms with Crippen LogP contribution in [0.1, 0.15) is 54.7 Å². The van der Waals surface area contributed by atoms with E-state index in [1.54, 1.807) is 4.90 Å². The first-order valence-electron chi connectivity index (χ1n) is 8.60. The van der Waals surface area contributed by atoms with E-state index >= 15 is 0 Å². The van der Waals surface area contributed by atoms with Crippen LogP contribution in [0.15, 0.2) is 30.9 Å². The molecule has 0 aliphatic carbocycles. The van der Waals surface area contributed by atoms with Crippen LogP contribution in [-0.2, 0) is 6.54 Å². The highest BCUT2D eigenvalue weighted by atomic mass is 19.1. The van der Waals surface area contributed by atoms with Crippen molar-refractivity contribution in [3.8, 4) is 0 Å². The molecule has 3 rings (SSSR count). The summed E-state index contributed by atoms with van der Waals surface area (Å²) >= 11 is 0. The Kier molecular flexibility index (Phi) is 5.23. The summed E-state index contributed by atoms with van der Waals surface area (Å²) < 4.78 is 15.5. The fraction of sp³-hybridized carbons (Fsp3) is 0.500. The Morgan fingerprint density at radius 3 is 3.08 bits per heavy atom. The first-order chi connectivity index (χ1) is 11.7. The van der Waals surface area contributed by atoms with Gasteiger partial charge in [0.05, 0.1) is 11.8 Å². The third-order valence-corrected chi connectivity index (χ3v) is 4.53. The third-order valence-electron chi connectivity index (χ3n) is 4.53. The number of pyridine rings is 1. The summed E-state index contributed by atoms with van der Waals surface area (Å²) in [5.41, 5.74) is 0.310. The minimum absolute atomic E-state index is 0.154. The van der Waals surface area contributed by atoms with E-state index in [9.17, 15) is 9.18 Å². The zero-order chi connectivity index (χ0) is 16.9. The molecule has 2 aromatic rings. The Hall–Kier alpha value is -2.24. The van der Waals surface area contributed by atoms with Gasteiger partial charge in [-0.05, 0) is 25.3 Å². The van der Waals surface area contributed by atoms with E-state index in [0.717, 1.165) is 44.2 Å². The number of carbonyl (C=O) groups is 1. The molecule has 1 saturated heterocycles. The van der Waals surface area contributed by atoms with Gasteiger partial charge in [0.25, 0.3) is 5.91 Å². The van der Waals surface area contributed by atoms with Gasteiger partial charge in [-0.3, -0.25) is 9.78 Å². The van der Waals surface area contributed by atoms with Crippen molar-refractivity contribution in [2.75, 3.05) is 13.1 Å². The molecule has 2 aromatic heterocycles. The number of aryl methyl sites for hydroxylation is 1. The van der Waals surface area contributed by atoms with Crippen LogP contribution in [-0.4, -0.2) is 38.4 Å². The first kappa shape index (κ1) is 16.6. The van der Waals surface area contributed by atoms with Gasteiger partial charge in [-0.1, -0.05) is 13.3 Å². The lowest BCUT2D eigenvalue weighted by Crippen LogP contribution is -2.39. The molecular weight excluding hydrogens is 307 g/mol. The molecule has 0 bridgehead atoms. The highest BCUT2D eigenvalue weighted by Gasteiger charge is 2.28. The zero-order valence-corrected chi connectivity index (χ0v) is 14.0. The summed E-state index contributed by atoms with van der Waals surface area (Å²) in [5, 5.41) is 0. The van der Waals surface area contributed by atoms with Gasteiger partial charge < -0.3 is 9.47 Å². The number of nitrogens with zero attached hydrogens (tertiary/aromatic N) is 4. The van der Waals surface area contributed by atoms with Crippen molar-refractivity contribution in [2.24, 2.45) is 0 Å². The van der Waals surface area contributed by atoms with Gasteiger partial charge in [-0.15, -0.1) is 0 Å². The van der Waals surface area contributed by atoms with E-state index in [-0.39, 0.29) is 11.8 Å². The van der Waals surface area contributed by atoms with Gasteiger partial charge in [-0.25, -0.2) is 9.37 Å². The molecule has 1 fully saturated rings. The van der Waals surface area contributed by atoms with Crippen molar-refractivity contribution in [3.05, 3.63) is 48.1 Å². The lowest BCUT2D eigenvalue weighted by atomic mass is 9.96. The number of halogens is 1. The van der Waals surface area contributed by atoms with Crippen molar-refractivity contribution in [1.82, 2.24) is 19.4 Å². The topological polar surface area (TPSA) is 51.0 Å². The molecule has 1 atom stereocenters. The van der Waals surface area contributed by atoms with Gasteiger partial charge in [0.2, 0.25) is 0 Å². The van der Waals surface area contributed by atoms with Crippen LogP contribution in [0.3, 0.4) is 0 Å². The minimum Gasteiger partial charge on any atom is -0.338 e. The number of hydrogen-bond donors (Lipinski definition) is 0. The molecule has 0 saturated carbocycles. The van der Waals surface area contributed by atoms with Crippen molar-refractivity contribution in [2.45, 2.75) is 45.1 Å². The molecule has 0 N–H and O–H groups in total. The monoisotopic (exact) mass is 330 g/mol. The maximum Gasteiger partial charge on any atom is 0.255 e. The highest BCUT2D eigenvalue weighted by Crippen LogP contribution is 2.27. The molecule has 1 aliphatic rings. The van der Waals surface area contributed by atoms with Crippen molar-refractivity contribution in [1.29, 1.82) is 0 Å². The van der Waals surface area contributed by atoms with Gasteiger partial charge in [0.15, 0.2) is 0 Å². The van der Waals surface area contributed by atoms with Crippen LogP contribution in [0.2, 0.25) is 0 Å². The van der Waals surface area contributed by atoms with E-state index in [2.05, 4.69) is 21.5 Å². The second-order valence-corrected chi connectivity index (χ2v) is 6.31. The maximum absolute atomic E-state index is 13.3. The van der Waals surface area contributed by atoms with E-state index in [1.165, 1.54) is 12.3 Å². The summed E-state index contributed by atoms with van der Waals surface area (Å²) in [6, 6.07) is 1.25. The van der Waals surface area contributed by atoms with Crippen LogP contribution >= 0.6 is 0 Å². The second kappa shape index (κ2) is 7.55. The summed E-state index contributed by atoms with van der Waals surface area (Å²) in [6.45, 7) is 4.45. The highest BCUT2D eigenvalue weighted by molar-refractivity contribution is 5.94. The number of carbonyl (C=O) groups excluding carboxylic acids is 1. The van der Waals surface area contributed by atoms with Crippen LogP contribution in [0.4, 0.5) is 4.39 Å². The smallest absolute Gasteiger partial charge is 0.255 e. The molecule has 0 radical (unpaired) electrons. The third kappa shape index (κ3) is 3.63. The molecule has 1 amide bonds. The average molecular weight is 330 g/mol. The lowest BCUT2D eigenvalue weighted by Gasteiger charge is -2.32. The zero-order valence-electron chi connectivity index (χ0n) is 14.0. The number of amides is 1. The Morgan fingerprint density at radius 1 is 1.42 bits per heavy atom. The van der Waals surface area contributed by atoms with Gasteiger partial charge in [-0.2, -0.15) is 0 Å². The molecule has 0 spiro atoms. The Morgan fingerprint density at radius 2 is 2.29 bits per heavy atom. The van der Waals surface area contributed by atoms with Crippen LogP contribution in [0.5, 0.6) is 0 Å². The molecule has 24 heavy (non-hydrogen) atoms. The molecule has 5 nitrogen and oxygen atoms in total. The molecule has 1 aliphatic heterocycles. The van der Waals surface area contributed by atoms with Gasteiger partial charge >= 0.3 is 0 Å². The summed E-state index contributed by atoms with van der Waals surface area (Å²) in [5.74, 6) is 0.650. The molecule has 6 heteroatoms. The number of rotatable bonds is 5. The standard InChI is InChI=1S/C18H23FN4O/c1-2-3-7-22-9-6-21-17(22)14-5-4-8-23(13-14)18(24)15-10-16(19)12-20-11-15/h6,9-12,14H,2-5,7-8,13H2,1H3/t14-/m0/s1. The number of aromatic nitrogens is 3. The Balaban J connectivity index is 1.73. The molecule has 0 aromatic carbocycles. The molecule has 128 valence electrons. The number of likely N-dealkylation sites (tertiary alicyclic amines) is 1. The summed E-state index contributed by atoms with van der Waals surface area (Å²) in [4.78, 5) is 22.7. The van der Waals surface area contributed by atoms with Crippen LogP contribution in [0.25, 0.3) is 0 Å². The van der Waals surface area contributed by atoms with Crippen LogP contribution < -0.4 is 0 Å². The van der Waals surface area contributed by atoms with Gasteiger partial charge in [0, 0.05) is 44.1 Å². The normalized spacial score (nSPS) is 17.9. The molecule has 3 heterocycles. The first-order valence-corrected chi connectivity index (χ1v) is 8.60. The SMILES string of the molecule is CCCCn1ccnc1[C@H]1CCCN(C(=O)c2cncc(F)c2)C1. The van der Waals surface area contributed by atoms with E-state index in [0.29, 0.717) is 18.7 Å². The molecular formula is C18H23FN4O. The Bertz CT molecular complexity index is 700. The fourth-order valence-electron chi connectivity index (χ4n) is 3.28. The van der Waals surface area contributed by atoms with Crippen molar-refractivity contribution in [3.63, 3.8) is 0 Å². The average Bonchev–Trinajstić information content (AvgIpc) is 3.08. The van der Waals surface area contributed by atoms with Crippen LogP contribution in [0, 0.1) is 5.82 Å². The number of hydrogen-bond acceptors (Lipinski definition) is 3. The quantitative estimate of drug-likeness (QED) is 0.846.